The predicted molar refractivity (Wildman–Crippen MR) is 72.9 cm³/mol. The number of aromatic nitrogens is 1. The fourth-order valence-electron chi connectivity index (χ4n) is 1.42. The van der Waals surface area contributed by atoms with E-state index in [-0.39, 0.29) is 0 Å². The molecule has 0 aliphatic carbocycles. The molecule has 4 nitrogen and oxygen atoms in total. The van der Waals surface area contributed by atoms with E-state index in [1.165, 1.54) is 11.3 Å². The van der Waals surface area contributed by atoms with Crippen molar-refractivity contribution in [1.29, 1.82) is 0 Å². The number of hydrogen-bond donors (Lipinski definition) is 2. The molecule has 0 saturated carbocycles. The molecule has 1 heterocycles. The number of rotatable bonds is 2. The summed E-state index contributed by atoms with van der Waals surface area (Å²) >= 11 is 12.3. The topological polar surface area (TPSA) is 68.0 Å². The quantitative estimate of drug-likeness (QED) is 0.836. The first-order valence-corrected chi connectivity index (χ1v) is 6.42. The zero-order valence-corrected chi connectivity index (χ0v) is 11.2. The minimum atomic E-state index is -1.09. The molecule has 0 atom stereocenters. The van der Waals surface area contributed by atoms with Crippen LogP contribution in [-0.2, 0) is 4.79 Å². The first-order chi connectivity index (χ1) is 7.97. The summed E-state index contributed by atoms with van der Waals surface area (Å²) in [5.41, 5.74) is 7.98. The number of aryl methyl sites for hydroxylation is 1. The van der Waals surface area contributed by atoms with Gasteiger partial charge in [-0.05, 0) is 24.6 Å². The van der Waals surface area contributed by atoms with Crippen LogP contribution in [-0.4, -0.2) is 15.7 Å². The molecule has 0 aliphatic heterocycles. The zero-order valence-electron chi connectivity index (χ0n) is 8.83. The van der Waals surface area contributed by atoms with E-state index in [1.54, 1.807) is 0 Å². The van der Waals surface area contributed by atoms with E-state index in [9.17, 15) is 4.79 Å². The molecule has 1 aromatic heterocycles. The Morgan fingerprint density at radius 3 is 2.88 bits per heavy atom. The second-order valence-electron chi connectivity index (χ2n) is 3.48. The van der Waals surface area contributed by atoms with Gasteiger partial charge >= 0.3 is 0 Å². The summed E-state index contributed by atoms with van der Waals surface area (Å²) in [7, 11) is 0. The molecule has 2 aromatic rings. The van der Waals surface area contributed by atoms with Crippen molar-refractivity contribution in [2.45, 2.75) is 11.8 Å². The number of fused-ring (bicyclic) bond motifs is 1. The molecule has 7 heteroatoms. The Hall–Kier alpha value is -1.04. The van der Waals surface area contributed by atoms with Crippen molar-refractivity contribution >= 4 is 61.5 Å². The normalized spacial score (nSPS) is 11.1. The third-order valence-corrected chi connectivity index (χ3v) is 3.45. The van der Waals surface area contributed by atoms with Gasteiger partial charge in [0, 0.05) is 5.69 Å². The van der Waals surface area contributed by atoms with E-state index in [0.29, 0.717) is 10.8 Å². The second kappa shape index (κ2) is 4.68. The van der Waals surface area contributed by atoms with Crippen molar-refractivity contribution in [2.75, 3.05) is 11.1 Å². The fourth-order valence-corrected chi connectivity index (χ4v) is 2.28. The maximum Gasteiger partial charge on any atom is 0.257 e. The van der Waals surface area contributed by atoms with E-state index < -0.39 is 10.7 Å². The standard InChI is InChI=1S/C10H9Cl2N3OS/c1-4-2-6-7(17-10(13)15-6)3-5(4)14-9(16)8(11)12/h2-3,8H,1H3,(H2,13,15)(H,14,16). The highest BCUT2D eigenvalue weighted by atomic mass is 35.5. The molecule has 0 saturated heterocycles. The van der Waals surface area contributed by atoms with Gasteiger partial charge in [-0.3, -0.25) is 4.79 Å². The van der Waals surface area contributed by atoms with Gasteiger partial charge in [0.25, 0.3) is 5.91 Å². The van der Waals surface area contributed by atoms with Gasteiger partial charge in [0.05, 0.1) is 10.2 Å². The van der Waals surface area contributed by atoms with Gasteiger partial charge in [-0.15, -0.1) is 0 Å². The van der Waals surface area contributed by atoms with Crippen LogP contribution in [0.5, 0.6) is 0 Å². The van der Waals surface area contributed by atoms with Crippen LogP contribution in [0.25, 0.3) is 10.2 Å². The van der Waals surface area contributed by atoms with Crippen molar-refractivity contribution in [3.63, 3.8) is 0 Å². The fraction of sp³-hybridized carbons (Fsp3) is 0.200. The second-order valence-corrected chi connectivity index (χ2v) is 5.64. The minimum Gasteiger partial charge on any atom is -0.375 e. The van der Waals surface area contributed by atoms with Gasteiger partial charge in [0.2, 0.25) is 0 Å². The van der Waals surface area contributed by atoms with Gasteiger partial charge < -0.3 is 11.1 Å². The molecule has 0 unspecified atom stereocenters. The molecular weight excluding hydrogens is 281 g/mol. The average Bonchev–Trinajstić information content (AvgIpc) is 2.57. The number of benzene rings is 1. The van der Waals surface area contributed by atoms with E-state index in [1.807, 2.05) is 19.1 Å². The maximum atomic E-state index is 11.4. The molecule has 17 heavy (non-hydrogen) atoms. The number of hydrogen-bond acceptors (Lipinski definition) is 4. The first kappa shape index (κ1) is 12.4. The third kappa shape index (κ3) is 2.62. The van der Waals surface area contributed by atoms with E-state index in [2.05, 4.69) is 10.3 Å². The average molecular weight is 290 g/mol. The summed E-state index contributed by atoms with van der Waals surface area (Å²) in [6.07, 6.45) is 0. The highest BCUT2D eigenvalue weighted by molar-refractivity contribution is 7.22. The Morgan fingerprint density at radius 2 is 2.24 bits per heavy atom. The van der Waals surface area contributed by atoms with E-state index in [0.717, 1.165) is 15.8 Å². The van der Waals surface area contributed by atoms with Crippen molar-refractivity contribution in [1.82, 2.24) is 4.98 Å². The highest BCUT2D eigenvalue weighted by Crippen LogP contribution is 2.29. The Kier molecular flexibility index (Phi) is 3.42. The molecule has 0 spiro atoms. The van der Waals surface area contributed by atoms with Crippen LogP contribution in [0.1, 0.15) is 5.56 Å². The summed E-state index contributed by atoms with van der Waals surface area (Å²) in [5, 5.41) is 3.14. The number of nitrogen functional groups attached to an aromatic ring is 1. The minimum absolute atomic E-state index is 0.451. The number of amides is 1. The lowest BCUT2D eigenvalue weighted by molar-refractivity contribution is -0.114. The molecule has 2 rings (SSSR count). The summed E-state index contributed by atoms with van der Waals surface area (Å²) in [5.74, 6) is -0.451. The van der Waals surface area contributed by atoms with Crippen LogP contribution in [0.2, 0.25) is 0 Å². The molecule has 0 aliphatic rings. The summed E-state index contributed by atoms with van der Waals surface area (Å²) in [6.45, 7) is 1.86. The Bertz CT molecular complexity index is 582. The Morgan fingerprint density at radius 1 is 1.53 bits per heavy atom. The molecule has 0 bridgehead atoms. The predicted octanol–water partition coefficient (Wildman–Crippen LogP) is 2.93. The number of anilines is 2. The maximum absolute atomic E-state index is 11.4. The molecule has 90 valence electrons. The lowest BCUT2D eigenvalue weighted by atomic mass is 10.2. The van der Waals surface area contributed by atoms with Crippen LogP contribution in [0.15, 0.2) is 12.1 Å². The zero-order chi connectivity index (χ0) is 12.6. The van der Waals surface area contributed by atoms with Gasteiger partial charge in [-0.1, -0.05) is 34.5 Å². The van der Waals surface area contributed by atoms with Crippen molar-refractivity contribution in [2.24, 2.45) is 0 Å². The van der Waals surface area contributed by atoms with Crippen LogP contribution in [0.3, 0.4) is 0 Å². The number of alkyl halides is 2. The molecule has 1 aromatic carbocycles. The van der Waals surface area contributed by atoms with Crippen LogP contribution < -0.4 is 11.1 Å². The first-order valence-electron chi connectivity index (χ1n) is 4.73. The lowest BCUT2D eigenvalue weighted by Crippen LogP contribution is -2.19. The van der Waals surface area contributed by atoms with Crippen LogP contribution in [0, 0.1) is 6.92 Å². The molecule has 3 N–H and O–H groups in total. The SMILES string of the molecule is Cc1cc2nc(N)sc2cc1NC(=O)C(Cl)Cl. The summed E-state index contributed by atoms with van der Waals surface area (Å²) in [6, 6.07) is 3.67. The number of carbonyl (C=O) groups is 1. The molecule has 0 fully saturated rings. The largest absolute Gasteiger partial charge is 0.375 e. The number of carbonyl (C=O) groups excluding carboxylic acids is 1. The Labute approximate surface area is 112 Å². The van der Waals surface area contributed by atoms with Crippen LogP contribution >= 0.6 is 34.5 Å². The van der Waals surface area contributed by atoms with Crippen molar-refractivity contribution in [3.8, 4) is 0 Å². The molecular formula is C10H9Cl2N3OS. The van der Waals surface area contributed by atoms with Crippen LogP contribution in [0.4, 0.5) is 10.8 Å². The van der Waals surface area contributed by atoms with Crippen molar-refractivity contribution < 1.29 is 4.79 Å². The van der Waals surface area contributed by atoms with Gasteiger partial charge in [-0.25, -0.2) is 4.98 Å². The Balaban J connectivity index is 2.40. The summed E-state index contributed by atoms with van der Waals surface area (Å²) in [4.78, 5) is 14.5. The van der Waals surface area contributed by atoms with Gasteiger partial charge in [0.1, 0.15) is 0 Å². The highest BCUT2D eigenvalue weighted by Gasteiger charge is 2.13. The lowest BCUT2D eigenvalue weighted by Gasteiger charge is -2.08. The number of thiazole rings is 1. The number of nitrogens with two attached hydrogens (primary N) is 1. The van der Waals surface area contributed by atoms with Gasteiger partial charge in [-0.2, -0.15) is 0 Å². The van der Waals surface area contributed by atoms with E-state index >= 15 is 0 Å². The van der Waals surface area contributed by atoms with E-state index in [4.69, 9.17) is 28.9 Å². The number of halogens is 2. The number of nitrogens with one attached hydrogen (secondary N) is 1. The van der Waals surface area contributed by atoms with Gasteiger partial charge in [0.15, 0.2) is 9.97 Å². The monoisotopic (exact) mass is 289 g/mol. The third-order valence-electron chi connectivity index (χ3n) is 2.21. The molecule has 1 amide bonds. The number of nitrogens with zero attached hydrogens (tertiary/aromatic N) is 1. The smallest absolute Gasteiger partial charge is 0.257 e. The molecule has 0 radical (unpaired) electrons. The summed E-state index contributed by atoms with van der Waals surface area (Å²) < 4.78 is 0.907. The van der Waals surface area contributed by atoms with Crippen molar-refractivity contribution in [3.05, 3.63) is 17.7 Å².